The fraction of sp³-hybridized carbons (Fsp3) is 0.467. The van der Waals surface area contributed by atoms with Crippen molar-refractivity contribution in [1.82, 2.24) is 82.7 Å². The van der Waals surface area contributed by atoms with E-state index in [-0.39, 0.29) is 88.9 Å². The van der Waals surface area contributed by atoms with Gasteiger partial charge < -0.3 is 114 Å². The summed E-state index contributed by atoms with van der Waals surface area (Å²) in [6.45, 7) is 1.89. The lowest BCUT2D eigenvalue weighted by Gasteiger charge is -2.38. The first-order valence-electron chi connectivity index (χ1n) is 44.3. The lowest BCUT2D eigenvalue weighted by Crippen LogP contribution is -2.65. The maximum absolute atomic E-state index is 15.7. The summed E-state index contributed by atoms with van der Waals surface area (Å²) in [7, 11) is 3.62. The molecule has 43 heteroatoms. The van der Waals surface area contributed by atoms with E-state index in [4.69, 9.17) is 16.2 Å². The molecular formula is C92H117F3N18O21S. The predicted octanol–water partition coefficient (Wildman–Crippen LogP) is -1.10. The van der Waals surface area contributed by atoms with Gasteiger partial charge in [0, 0.05) is 115 Å². The van der Waals surface area contributed by atoms with E-state index in [0.717, 1.165) is 31.5 Å². The molecule has 0 unspecified atom stereocenters. The van der Waals surface area contributed by atoms with Gasteiger partial charge >= 0.3 is 5.97 Å². The number of hydrogen-bond acceptors (Lipinski definition) is 23. The first-order valence-corrected chi connectivity index (χ1v) is 45.4. The summed E-state index contributed by atoms with van der Waals surface area (Å²) in [5, 5.41) is 58.9. The summed E-state index contributed by atoms with van der Waals surface area (Å²) in [5.74, 6) is -24.6. The molecule has 0 bridgehead atoms. The standard InChI is InChI=1S/C92H117F3N18O21S/c1-7-8-25-70-91(132)113-46-58(116)42-72(113)86(127)106-68(47-134-50-114)84(125)108-79(51(2)3)92(133)110(5)71(39-52-18-11-9-12-19-52)85(126)103-64(30-31-77(119)120)89(130)112-34-33-98-44-74(112)87(128)105-66(41-56-43-99-62-23-16-15-22-59(56)62)83(124)104-65(37-54-26-28-57(115)29-27-54)82(123)102-63(24-17-32-96)81(122)107-69(80(121)100-45-75(97)117)48-135-49-76(118)101-67(38-55-35-60(93)78(95)61(94)36-55)88(129)111(6)73(90(131)109(70)4)40-53-20-13-10-14-21-53/h9-16,18-23,26-29,35-36,43,50-51,58,63-74,79,98-99,115-116H,7-8,17,24-25,30-34,37-42,44-49,96H2,1-6H3,(H2,97,117)(H,100,121)(H,101,118)(H,102,123)(H,103,126)(H,104,124)(H,105,128)(H,106,127)(H,107,122)(H,108,125)(H,119,120)/t58-,63+,64+,65+,66+,67+,68+,69+,70+,71+,72-,73+,74-,79+/m1/s1. The number of phenolic OH excluding ortho intramolecular Hbond substituents is 1. The highest BCUT2D eigenvalue weighted by Gasteiger charge is 2.48. The highest BCUT2D eigenvalue weighted by Crippen LogP contribution is 2.28. The molecule has 4 heterocycles. The number of aliphatic hydroxyl groups is 1. The van der Waals surface area contributed by atoms with Gasteiger partial charge in [0.2, 0.25) is 88.6 Å². The average Bonchev–Trinajstić information content (AvgIpc) is 1.76. The number of carboxylic acid groups (broad SMARTS) is 1. The third kappa shape index (κ3) is 29.5. The quantitative estimate of drug-likeness (QED) is 0.0226. The summed E-state index contributed by atoms with van der Waals surface area (Å²) < 4.78 is 50.2. The number of phenols is 1. The van der Waals surface area contributed by atoms with Crippen LogP contribution in [0.3, 0.4) is 0 Å². The van der Waals surface area contributed by atoms with Gasteiger partial charge in [0.15, 0.2) is 17.5 Å². The van der Waals surface area contributed by atoms with Gasteiger partial charge in [0.1, 0.15) is 90.9 Å². The number of carbonyl (C=O) groups is 17. The lowest BCUT2D eigenvalue weighted by atomic mass is 9.98. The third-order valence-corrected chi connectivity index (χ3v) is 24.7. The number of aromatic amines is 1. The molecule has 0 saturated carbocycles. The number of aliphatic carboxylic acids is 1. The summed E-state index contributed by atoms with van der Waals surface area (Å²) >= 11 is 0.640. The number of primary amides is 1. The van der Waals surface area contributed by atoms with Crippen LogP contribution in [0.15, 0.2) is 128 Å². The number of para-hydroxylation sites is 1. The van der Waals surface area contributed by atoms with E-state index < -0.39 is 266 Å². The van der Waals surface area contributed by atoms with E-state index in [1.54, 1.807) is 98.0 Å². The third-order valence-electron chi connectivity index (χ3n) is 23.6. The number of carboxylic acids is 1. The van der Waals surface area contributed by atoms with Gasteiger partial charge in [-0.05, 0) is 96.3 Å². The molecule has 5 aromatic carbocycles. The van der Waals surface area contributed by atoms with Crippen molar-refractivity contribution in [2.24, 2.45) is 17.4 Å². The molecule has 3 fully saturated rings. The maximum atomic E-state index is 15.7. The van der Waals surface area contributed by atoms with E-state index in [2.05, 4.69) is 58.2 Å². The molecule has 6 aromatic rings. The first-order chi connectivity index (χ1) is 64.4. The molecule has 15 amide bonds. The van der Waals surface area contributed by atoms with Gasteiger partial charge in [0.05, 0.1) is 18.4 Å². The fourth-order valence-corrected chi connectivity index (χ4v) is 17.0. The number of thioether (sulfide) groups is 1. The molecule has 9 rings (SSSR count). The number of hydrogen-bond donors (Lipinski definition) is 16. The van der Waals surface area contributed by atoms with Crippen LogP contribution in [0.1, 0.15) is 100.0 Å². The monoisotopic (exact) mass is 1900 g/mol. The Morgan fingerprint density at radius 2 is 1.14 bits per heavy atom. The second-order valence-electron chi connectivity index (χ2n) is 33.8. The minimum Gasteiger partial charge on any atom is -0.508 e. The smallest absolute Gasteiger partial charge is 0.303 e. The van der Waals surface area contributed by atoms with E-state index in [9.17, 15) is 58.1 Å². The Morgan fingerprint density at radius 1 is 0.578 bits per heavy atom. The highest BCUT2D eigenvalue weighted by atomic mass is 32.2. The minimum atomic E-state index is -1.91. The van der Waals surface area contributed by atoms with Crippen molar-refractivity contribution in [3.05, 3.63) is 173 Å². The maximum Gasteiger partial charge on any atom is 0.303 e. The van der Waals surface area contributed by atoms with Crippen LogP contribution in [0.25, 0.3) is 10.9 Å². The number of nitrogens with zero attached hydrogens (tertiary/aromatic N) is 5. The number of piperazine rings is 1. The minimum absolute atomic E-state index is 0.00862. The van der Waals surface area contributed by atoms with Crippen LogP contribution in [0.4, 0.5) is 13.2 Å². The SMILES string of the molecule is CCCC[C@H]1C(=O)N2C[C@H](O)C[C@@H]2C(=O)N[C@@H](COC=O)C(=O)N[C@@H](C(C)C)C(=O)N(C)[C@@H](Cc2ccccc2)C(=O)N[C@@H](CCC(=O)O)C(=O)N2CCNC[C@@H]2C(=O)N[C@@H](Cc2c[nH]c3ccccc23)C(=O)N[C@@H](Cc2ccc(O)cc2)C(=O)N[C@@H](CCCN)C(=O)N[C@H](C(=O)NCC(N)=O)CSCC(=O)N[C@@H](Cc2cc(F)c(F)c(F)c2)C(=O)N(C)[C@@H](Cc2ccccc2)C(=O)N1C. The summed E-state index contributed by atoms with van der Waals surface area (Å²) in [6, 6.07) is 7.83. The Morgan fingerprint density at radius 3 is 1.77 bits per heavy atom. The molecule has 3 saturated heterocycles. The van der Waals surface area contributed by atoms with Gasteiger partial charge in [0.25, 0.3) is 6.47 Å². The van der Waals surface area contributed by atoms with Crippen molar-refractivity contribution in [1.29, 1.82) is 0 Å². The molecule has 14 atom stereocenters. The van der Waals surface area contributed by atoms with Gasteiger partial charge in [-0.2, -0.15) is 0 Å². The molecular weight excluding hydrogens is 1780 g/mol. The predicted molar refractivity (Wildman–Crippen MR) is 485 cm³/mol. The summed E-state index contributed by atoms with van der Waals surface area (Å²) in [6.07, 6.45) is -3.58. The van der Waals surface area contributed by atoms with Crippen molar-refractivity contribution in [2.75, 3.05) is 78.5 Å². The number of aromatic hydroxyl groups is 1. The van der Waals surface area contributed by atoms with Gasteiger partial charge in [-0.25, -0.2) is 13.2 Å². The Labute approximate surface area is 780 Å². The number of benzene rings is 5. The Balaban J connectivity index is 1.14. The number of aromatic nitrogens is 1. The molecule has 0 aliphatic carbocycles. The zero-order valence-corrected chi connectivity index (χ0v) is 76.4. The number of carbonyl (C=O) groups excluding carboxylic acids is 16. The molecule has 0 spiro atoms. The van der Waals surface area contributed by atoms with Gasteiger partial charge in [-0.3, -0.25) is 81.5 Å². The number of likely N-dealkylation sites (N-methyl/N-ethyl adjacent to an activating group) is 3. The van der Waals surface area contributed by atoms with Crippen LogP contribution in [0.2, 0.25) is 0 Å². The second-order valence-corrected chi connectivity index (χ2v) is 34.8. The molecule has 1 aromatic heterocycles. The van der Waals surface area contributed by atoms with Crippen molar-refractivity contribution in [3.63, 3.8) is 0 Å². The Kier molecular flexibility index (Phi) is 39.3. The normalized spacial score (nSPS) is 24.0. The number of unbranched alkanes of at least 4 members (excludes halogenated alkanes) is 1. The number of rotatable bonds is 26. The number of ether oxygens (including phenoxy) is 1. The summed E-state index contributed by atoms with van der Waals surface area (Å²) in [4.78, 5) is 258. The number of aliphatic hydroxyl groups excluding tert-OH is 1. The number of amides is 15. The molecule has 135 heavy (non-hydrogen) atoms. The first kappa shape index (κ1) is 105. The van der Waals surface area contributed by atoms with Crippen LogP contribution in [-0.4, -0.2) is 309 Å². The Bertz CT molecular complexity index is 5200. The van der Waals surface area contributed by atoms with Crippen LogP contribution in [0.5, 0.6) is 5.75 Å². The highest BCUT2D eigenvalue weighted by molar-refractivity contribution is 8.00. The largest absolute Gasteiger partial charge is 0.508 e. The van der Waals surface area contributed by atoms with E-state index in [0.29, 0.717) is 63.5 Å². The summed E-state index contributed by atoms with van der Waals surface area (Å²) in [5.41, 5.74) is 13.3. The average molecular weight is 1900 g/mol. The van der Waals surface area contributed by atoms with Crippen molar-refractivity contribution in [2.45, 2.75) is 189 Å². The molecule has 39 nitrogen and oxygen atoms in total. The molecule has 0 radical (unpaired) electrons. The number of halogens is 3. The van der Waals surface area contributed by atoms with E-state index >= 15 is 51.9 Å². The van der Waals surface area contributed by atoms with E-state index in [1.165, 1.54) is 52.2 Å². The van der Waals surface area contributed by atoms with Crippen LogP contribution < -0.4 is 64.6 Å². The molecule has 3 aliphatic rings. The van der Waals surface area contributed by atoms with Crippen molar-refractivity contribution < 1.29 is 115 Å². The zero-order valence-electron chi connectivity index (χ0n) is 75.5. The lowest BCUT2D eigenvalue weighted by molar-refractivity contribution is -0.152. The van der Waals surface area contributed by atoms with Crippen molar-refractivity contribution >= 4 is 124 Å². The molecule has 3 aliphatic heterocycles. The fourth-order valence-electron chi connectivity index (χ4n) is 16.2. The number of H-pyrrole nitrogens is 1. The zero-order chi connectivity index (χ0) is 98.4. The van der Waals surface area contributed by atoms with Crippen LogP contribution in [0, 0.1) is 23.4 Å². The van der Waals surface area contributed by atoms with E-state index in [1.807, 2.05) is 0 Å². The number of fused-ring (bicyclic) bond motifs is 3. The van der Waals surface area contributed by atoms with Gasteiger partial charge in [-0.1, -0.05) is 125 Å². The Hall–Kier alpha value is -13.6. The van der Waals surface area contributed by atoms with Crippen LogP contribution in [-0.2, 0) is 118 Å². The molecule has 18 N–H and O–H groups in total. The van der Waals surface area contributed by atoms with Gasteiger partial charge in [-0.15, -0.1) is 11.8 Å². The second kappa shape index (κ2) is 50.5. The topological polar surface area (TPSA) is 564 Å². The molecule has 728 valence electrons. The number of nitrogens with one attached hydrogen (secondary N) is 11. The van der Waals surface area contributed by atoms with Crippen molar-refractivity contribution in [3.8, 4) is 5.75 Å². The van der Waals surface area contributed by atoms with Crippen LogP contribution >= 0.6 is 11.8 Å². The number of nitrogens with two attached hydrogens (primary N) is 2.